The van der Waals surface area contributed by atoms with Crippen LogP contribution in [0.2, 0.25) is 0 Å². The van der Waals surface area contributed by atoms with Gasteiger partial charge in [0.05, 0.1) is 30.3 Å². The molecule has 0 bridgehead atoms. The van der Waals surface area contributed by atoms with Gasteiger partial charge in [-0.2, -0.15) is 0 Å². The topological polar surface area (TPSA) is 64.5 Å². The third-order valence-corrected chi connectivity index (χ3v) is 3.10. The van der Waals surface area contributed by atoms with E-state index < -0.39 is 0 Å². The van der Waals surface area contributed by atoms with E-state index in [2.05, 4.69) is 17.4 Å². The monoisotopic (exact) mass is 307 g/mol. The second-order valence-electron chi connectivity index (χ2n) is 5.56. The van der Waals surface area contributed by atoms with Crippen LogP contribution in [-0.4, -0.2) is 30.9 Å². The highest BCUT2D eigenvalue weighted by molar-refractivity contribution is 5.51. The lowest BCUT2D eigenvalue weighted by atomic mass is 10.1. The molecule has 0 saturated carbocycles. The SMILES string of the molecule is C=C/C=c1\c(=C/NOC)c(NC(C)(C)COC)cc(=O)n1C. The van der Waals surface area contributed by atoms with Gasteiger partial charge in [0.15, 0.2) is 0 Å². The minimum Gasteiger partial charge on any atom is -0.382 e. The average Bonchev–Trinajstić information content (AvgIpc) is 2.43. The van der Waals surface area contributed by atoms with Crippen LogP contribution >= 0.6 is 0 Å². The Hall–Kier alpha value is -2.05. The smallest absolute Gasteiger partial charge is 0.252 e. The molecule has 1 aromatic heterocycles. The molecule has 1 aromatic rings. The molecular weight excluding hydrogens is 282 g/mol. The van der Waals surface area contributed by atoms with Crippen molar-refractivity contribution in [1.29, 1.82) is 0 Å². The number of hydrogen-bond acceptors (Lipinski definition) is 5. The number of rotatable bonds is 7. The maximum absolute atomic E-state index is 12.2. The van der Waals surface area contributed by atoms with E-state index in [1.54, 1.807) is 43.1 Å². The van der Waals surface area contributed by atoms with Crippen molar-refractivity contribution in [2.45, 2.75) is 19.4 Å². The standard InChI is InChI=1S/C16H25N3O3/c1-7-8-14-12(10-17-22-6)13(9-15(20)19(14)4)18-16(2,3)11-21-5/h7-10,17-18H,1,11H2,2-6H3/b12-10-,14-8+. The van der Waals surface area contributed by atoms with Crippen molar-refractivity contribution < 1.29 is 9.57 Å². The number of methoxy groups -OCH3 is 1. The molecule has 0 spiro atoms. The lowest BCUT2D eigenvalue weighted by Crippen LogP contribution is -2.47. The average molecular weight is 307 g/mol. The molecule has 1 rings (SSSR count). The third-order valence-electron chi connectivity index (χ3n) is 3.10. The lowest BCUT2D eigenvalue weighted by molar-refractivity contribution is 0.141. The zero-order chi connectivity index (χ0) is 16.8. The summed E-state index contributed by atoms with van der Waals surface area (Å²) in [5, 5.41) is 4.87. The van der Waals surface area contributed by atoms with Crippen molar-refractivity contribution >= 4 is 18.0 Å². The van der Waals surface area contributed by atoms with Crippen molar-refractivity contribution in [3.8, 4) is 0 Å². The number of aromatic nitrogens is 1. The Morgan fingerprint density at radius 2 is 2.09 bits per heavy atom. The van der Waals surface area contributed by atoms with Gasteiger partial charge in [-0.15, -0.1) is 0 Å². The molecule has 0 atom stereocenters. The van der Waals surface area contributed by atoms with Crippen LogP contribution in [0.3, 0.4) is 0 Å². The maximum atomic E-state index is 12.2. The van der Waals surface area contributed by atoms with Gasteiger partial charge in [0.1, 0.15) is 0 Å². The highest BCUT2D eigenvalue weighted by atomic mass is 16.6. The van der Waals surface area contributed by atoms with Crippen LogP contribution in [0.15, 0.2) is 23.5 Å². The van der Waals surface area contributed by atoms with E-state index in [0.29, 0.717) is 12.3 Å². The Morgan fingerprint density at radius 3 is 2.64 bits per heavy atom. The summed E-state index contributed by atoms with van der Waals surface area (Å²) in [4.78, 5) is 17.1. The summed E-state index contributed by atoms with van der Waals surface area (Å²) in [5.74, 6) is 0. The van der Waals surface area contributed by atoms with Gasteiger partial charge in [-0.3, -0.25) is 15.1 Å². The van der Waals surface area contributed by atoms with Crippen molar-refractivity contribution in [3.05, 3.63) is 39.6 Å². The predicted octanol–water partition coefficient (Wildman–Crippen LogP) is 0.0777. The van der Waals surface area contributed by atoms with Crippen molar-refractivity contribution in [3.63, 3.8) is 0 Å². The van der Waals surface area contributed by atoms with Crippen molar-refractivity contribution in [2.24, 2.45) is 7.05 Å². The Balaban J connectivity index is 3.60. The van der Waals surface area contributed by atoms with Gasteiger partial charge in [-0.1, -0.05) is 12.7 Å². The Morgan fingerprint density at radius 1 is 1.41 bits per heavy atom. The summed E-state index contributed by atoms with van der Waals surface area (Å²) in [6.07, 6.45) is 5.11. The highest BCUT2D eigenvalue weighted by Crippen LogP contribution is 2.09. The zero-order valence-corrected chi connectivity index (χ0v) is 13.9. The van der Waals surface area contributed by atoms with Crippen LogP contribution in [-0.2, 0) is 16.6 Å². The summed E-state index contributed by atoms with van der Waals surface area (Å²) in [6, 6.07) is 1.56. The Kier molecular flexibility index (Phi) is 6.39. The Labute approximate surface area is 130 Å². The molecule has 0 saturated heterocycles. The fourth-order valence-corrected chi connectivity index (χ4v) is 2.18. The van der Waals surface area contributed by atoms with E-state index in [1.807, 2.05) is 13.8 Å². The van der Waals surface area contributed by atoms with Crippen molar-refractivity contribution in [1.82, 2.24) is 10.0 Å². The summed E-state index contributed by atoms with van der Waals surface area (Å²) >= 11 is 0. The molecule has 6 nitrogen and oxygen atoms in total. The molecule has 6 heteroatoms. The molecule has 0 unspecified atom stereocenters. The number of hydroxylamine groups is 1. The van der Waals surface area contributed by atoms with E-state index >= 15 is 0 Å². The van der Waals surface area contributed by atoms with Crippen LogP contribution in [0.5, 0.6) is 0 Å². The first-order valence-electron chi connectivity index (χ1n) is 6.95. The molecular formula is C16H25N3O3. The molecule has 1 heterocycles. The first-order valence-corrected chi connectivity index (χ1v) is 6.95. The molecule has 22 heavy (non-hydrogen) atoms. The minimum absolute atomic E-state index is 0.113. The van der Waals surface area contributed by atoms with Gasteiger partial charge in [0.2, 0.25) is 0 Å². The van der Waals surface area contributed by atoms with Gasteiger partial charge in [0.25, 0.3) is 5.56 Å². The van der Waals surface area contributed by atoms with E-state index in [-0.39, 0.29) is 11.1 Å². The van der Waals surface area contributed by atoms with Crippen LogP contribution in [0, 0.1) is 0 Å². The van der Waals surface area contributed by atoms with Crippen LogP contribution in [0.1, 0.15) is 13.8 Å². The van der Waals surface area contributed by atoms with Gasteiger partial charge in [0, 0.05) is 31.6 Å². The summed E-state index contributed by atoms with van der Waals surface area (Å²) in [6.45, 7) is 8.20. The molecule has 0 fully saturated rings. The quantitative estimate of drug-likeness (QED) is 0.699. The first kappa shape index (κ1) is 18.0. The number of anilines is 1. The van der Waals surface area contributed by atoms with Crippen LogP contribution in [0.25, 0.3) is 12.3 Å². The number of nitrogens with one attached hydrogen (secondary N) is 2. The molecule has 0 aliphatic carbocycles. The fourth-order valence-electron chi connectivity index (χ4n) is 2.18. The molecule has 0 radical (unpaired) electrons. The van der Waals surface area contributed by atoms with Crippen LogP contribution in [0.4, 0.5) is 5.69 Å². The zero-order valence-electron chi connectivity index (χ0n) is 13.9. The molecule has 0 aromatic carbocycles. The second kappa shape index (κ2) is 7.82. The minimum atomic E-state index is -0.331. The van der Waals surface area contributed by atoms with Gasteiger partial charge in [-0.25, -0.2) is 0 Å². The van der Waals surface area contributed by atoms with Gasteiger partial charge < -0.3 is 14.6 Å². The van der Waals surface area contributed by atoms with Gasteiger partial charge >= 0.3 is 0 Å². The lowest BCUT2D eigenvalue weighted by Gasteiger charge is -2.27. The predicted molar refractivity (Wildman–Crippen MR) is 89.8 cm³/mol. The highest BCUT2D eigenvalue weighted by Gasteiger charge is 2.18. The largest absolute Gasteiger partial charge is 0.382 e. The fraction of sp³-hybridized carbons (Fsp3) is 0.438. The number of nitrogens with zero attached hydrogens (tertiary/aromatic N) is 1. The number of hydrogen-bond donors (Lipinski definition) is 2. The normalized spacial score (nSPS) is 13.3. The number of allylic oxidation sites excluding steroid dienone is 1. The van der Waals surface area contributed by atoms with Crippen LogP contribution < -0.4 is 26.9 Å². The second-order valence-corrected chi connectivity index (χ2v) is 5.56. The van der Waals surface area contributed by atoms with E-state index in [0.717, 1.165) is 10.6 Å². The molecule has 0 amide bonds. The summed E-state index contributed by atoms with van der Waals surface area (Å²) < 4.78 is 6.77. The molecule has 0 aliphatic rings. The number of pyridine rings is 1. The third kappa shape index (κ3) is 4.47. The maximum Gasteiger partial charge on any atom is 0.252 e. The number of ether oxygens (including phenoxy) is 1. The summed E-state index contributed by atoms with van der Waals surface area (Å²) in [5.41, 5.74) is 2.96. The Bertz CT molecular complexity index is 690. The van der Waals surface area contributed by atoms with E-state index in [4.69, 9.17) is 9.57 Å². The molecule has 0 aliphatic heterocycles. The van der Waals surface area contributed by atoms with Gasteiger partial charge in [-0.05, 0) is 19.9 Å². The molecule has 2 N–H and O–H groups in total. The van der Waals surface area contributed by atoms with Crippen molar-refractivity contribution in [2.75, 3.05) is 26.1 Å². The van der Waals surface area contributed by atoms with E-state index in [1.165, 1.54) is 7.11 Å². The summed E-state index contributed by atoms with van der Waals surface area (Å²) in [7, 11) is 4.88. The van der Waals surface area contributed by atoms with E-state index in [9.17, 15) is 4.79 Å². The first-order chi connectivity index (χ1) is 10.4. The molecule has 122 valence electrons.